The number of amides is 1. The molecule has 27 heavy (non-hydrogen) atoms. The van der Waals surface area contributed by atoms with Crippen LogP contribution in [0.5, 0.6) is 17.2 Å². The summed E-state index contributed by atoms with van der Waals surface area (Å²) in [7, 11) is 4.99. The van der Waals surface area contributed by atoms with Gasteiger partial charge in [-0.25, -0.2) is 0 Å². The van der Waals surface area contributed by atoms with Crippen molar-refractivity contribution >= 4 is 23.2 Å². The second kappa shape index (κ2) is 10.0. The van der Waals surface area contributed by atoms with Gasteiger partial charge in [-0.1, -0.05) is 23.7 Å². The predicted molar refractivity (Wildman–Crippen MR) is 107 cm³/mol. The molecule has 1 unspecified atom stereocenters. The van der Waals surface area contributed by atoms with Crippen molar-refractivity contribution in [1.82, 2.24) is 4.90 Å². The zero-order valence-electron chi connectivity index (χ0n) is 16.0. The van der Waals surface area contributed by atoms with Crippen LogP contribution in [-0.4, -0.2) is 51.3 Å². The van der Waals surface area contributed by atoms with Crippen molar-refractivity contribution in [2.24, 2.45) is 0 Å². The fourth-order valence-electron chi connectivity index (χ4n) is 2.40. The normalized spacial score (nSPS) is 11.8. The molecule has 0 fully saturated rings. The molecule has 0 aliphatic rings. The third-order valence-corrected chi connectivity index (χ3v) is 4.56. The second-order valence-electron chi connectivity index (χ2n) is 5.99. The first-order valence-electron chi connectivity index (χ1n) is 8.56. The third-order valence-electron chi connectivity index (χ3n) is 4.24. The lowest BCUT2D eigenvalue weighted by Gasteiger charge is -2.24. The molecule has 0 radical (unpaired) electrons. The van der Waals surface area contributed by atoms with Gasteiger partial charge in [0.15, 0.2) is 0 Å². The molecular formula is C20H25ClN2O4. The number of carbonyl (C=O) groups is 1. The Kier molecular flexibility index (Phi) is 7.76. The van der Waals surface area contributed by atoms with Crippen molar-refractivity contribution in [1.29, 1.82) is 0 Å². The molecule has 2 rings (SSSR count). The number of hydrogen-bond donors (Lipinski definition) is 1. The number of carbonyl (C=O) groups excluding carboxylic acids is 1. The van der Waals surface area contributed by atoms with Crippen LogP contribution in [0.4, 0.5) is 5.69 Å². The molecule has 0 saturated carbocycles. The van der Waals surface area contributed by atoms with E-state index >= 15 is 0 Å². The Morgan fingerprint density at radius 3 is 2.56 bits per heavy atom. The van der Waals surface area contributed by atoms with Gasteiger partial charge in [0.2, 0.25) is 5.91 Å². The van der Waals surface area contributed by atoms with Crippen molar-refractivity contribution in [3.8, 4) is 17.2 Å². The lowest BCUT2D eigenvalue weighted by molar-refractivity contribution is -0.120. The number of benzene rings is 2. The quantitative estimate of drug-likeness (QED) is 0.705. The maximum Gasteiger partial charge on any atom is 0.241 e. The summed E-state index contributed by atoms with van der Waals surface area (Å²) < 4.78 is 16.2. The Morgan fingerprint density at radius 1 is 1.15 bits per heavy atom. The van der Waals surface area contributed by atoms with Crippen LogP contribution in [0.1, 0.15) is 6.92 Å². The molecule has 0 aliphatic carbocycles. The summed E-state index contributed by atoms with van der Waals surface area (Å²) in [6, 6.07) is 12.2. The molecule has 0 aliphatic heterocycles. The minimum absolute atomic E-state index is 0.151. The van der Waals surface area contributed by atoms with Gasteiger partial charge in [-0.3, -0.25) is 9.69 Å². The number of anilines is 1. The summed E-state index contributed by atoms with van der Waals surface area (Å²) >= 11 is 6.07. The maximum atomic E-state index is 12.6. The molecule has 1 N–H and O–H groups in total. The number of halogens is 1. The van der Waals surface area contributed by atoms with E-state index in [0.717, 1.165) is 0 Å². The first kappa shape index (κ1) is 20.9. The molecule has 1 atom stereocenters. The van der Waals surface area contributed by atoms with E-state index in [1.807, 2.05) is 37.1 Å². The number of likely N-dealkylation sites (N-methyl/N-ethyl adjacent to an activating group) is 1. The zero-order chi connectivity index (χ0) is 19.8. The molecule has 0 heterocycles. The number of nitrogens with one attached hydrogen (secondary N) is 1. The van der Waals surface area contributed by atoms with E-state index in [0.29, 0.717) is 41.1 Å². The van der Waals surface area contributed by atoms with Crippen LogP contribution < -0.4 is 19.5 Å². The van der Waals surface area contributed by atoms with E-state index in [1.165, 1.54) is 0 Å². The maximum absolute atomic E-state index is 12.6. The van der Waals surface area contributed by atoms with E-state index in [4.69, 9.17) is 25.8 Å². The molecule has 1 amide bonds. The molecule has 2 aromatic carbocycles. The van der Waals surface area contributed by atoms with Crippen LogP contribution in [0.3, 0.4) is 0 Å². The van der Waals surface area contributed by atoms with Crippen LogP contribution in [0.25, 0.3) is 0 Å². The van der Waals surface area contributed by atoms with Crippen molar-refractivity contribution in [2.75, 3.05) is 39.7 Å². The SMILES string of the molecule is COc1ccc(OC)c(NC(=O)C(C)N(C)CCOc2ccccc2Cl)c1. The Hall–Kier alpha value is -2.44. The fraction of sp³-hybridized carbons (Fsp3) is 0.350. The van der Waals surface area contributed by atoms with Crippen molar-refractivity contribution in [2.45, 2.75) is 13.0 Å². The highest BCUT2D eigenvalue weighted by Gasteiger charge is 2.19. The summed E-state index contributed by atoms with van der Waals surface area (Å²) in [6.45, 7) is 2.81. The van der Waals surface area contributed by atoms with E-state index in [9.17, 15) is 4.79 Å². The van der Waals surface area contributed by atoms with Gasteiger partial charge in [0, 0.05) is 12.6 Å². The minimum atomic E-state index is -0.365. The highest BCUT2D eigenvalue weighted by atomic mass is 35.5. The van der Waals surface area contributed by atoms with Crippen LogP contribution in [0, 0.1) is 0 Å². The predicted octanol–water partition coefficient (Wildman–Crippen LogP) is 3.70. The van der Waals surface area contributed by atoms with E-state index < -0.39 is 0 Å². The summed E-state index contributed by atoms with van der Waals surface area (Å²) in [5.41, 5.74) is 0.564. The first-order chi connectivity index (χ1) is 13.0. The minimum Gasteiger partial charge on any atom is -0.497 e. The summed E-state index contributed by atoms with van der Waals surface area (Å²) in [6.07, 6.45) is 0. The lowest BCUT2D eigenvalue weighted by Crippen LogP contribution is -2.41. The molecule has 0 saturated heterocycles. The van der Waals surface area contributed by atoms with Crippen molar-refractivity contribution < 1.29 is 19.0 Å². The molecule has 0 bridgehead atoms. The lowest BCUT2D eigenvalue weighted by atomic mass is 10.2. The Bertz CT molecular complexity index is 769. The zero-order valence-corrected chi connectivity index (χ0v) is 16.7. The van der Waals surface area contributed by atoms with Crippen LogP contribution in [0.2, 0.25) is 5.02 Å². The van der Waals surface area contributed by atoms with Gasteiger partial charge >= 0.3 is 0 Å². The molecule has 146 valence electrons. The Morgan fingerprint density at radius 2 is 1.89 bits per heavy atom. The van der Waals surface area contributed by atoms with Crippen molar-refractivity contribution in [3.63, 3.8) is 0 Å². The molecule has 0 aromatic heterocycles. The van der Waals surface area contributed by atoms with Gasteiger partial charge in [-0.15, -0.1) is 0 Å². The Balaban J connectivity index is 1.91. The van der Waals surface area contributed by atoms with Gasteiger partial charge in [0.05, 0.1) is 31.0 Å². The topological polar surface area (TPSA) is 60.0 Å². The molecule has 0 spiro atoms. The number of methoxy groups -OCH3 is 2. The van der Waals surface area contributed by atoms with E-state index in [-0.39, 0.29) is 11.9 Å². The molecule has 7 heteroatoms. The molecule has 2 aromatic rings. The molecular weight excluding hydrogens is 368 g/mol. The first-order valence-corrected chi connectivity index (χ1v) is 8.94. The number of para-hydroxylation sites is 1. The van der Waals surface area contributed by atoms with Crippen LogP contribution in [-0.2, 0) is 4.79 Å². The van der Waals surface area contributed by atoms with E-state index in [1.54, 1.807) is 38.5 Å². The standard InChI is InChI=1S/C20H25ClN2O4/c1-14(23(2)11-12-27-18-8-6-5-7-16(18)21)20(24)22-17-13-15(25-3)9-10-19(17)26-4/h5-10,13-14H,11-12H2,1-4H3,(H,22,24). The smallest absolute Gasteiger partial charge is 0.241 e. The number of nitrogens with zero attached hydrogens (tertiary/aromatic N) is 1. The van der Waals surface area contributed by atoms with E-state index in [2.05, 4.69) is 5.32 Å². The van der Waals surface area contributed by atoms with Crippen LogP contribution in [0.15, 0.2) is 42.5 Å². The van der Waals surface area contributed by atoms with Crippen LogP contribution >= 0.6 is 11.6 Å². The van der Waals surface area contributed by atoms with Gasteiger partial charge in [-0.2, -0.15) is 0 Å². The molecule has 6 nitrogen and oxygen atoms in total. The number of ether oxygens (including phenoxy) is 3. The average molecular weight is 393 g/mol. The summed E-state index contributed by atoms with van der Waals surface area (Å²) in [4.78, 5) is 14.5. The summed E-state index contributed by atoms with van der Waals surface area (Å²) in [5.74, 6) is 1.69. The summed E-state index contributed by atoms with van der Waals surface area (Å²) in [5, 5.41) is 3.45. The number of rotatable bonds is 9. The second-order valence-corrected chi connectivity index (χ2v) is 6.40. The van der Waals surface area contributed by atoms with Crippen molar-refractivity contribution in [3.05, 3.63) is 47.5 Å². The monoisotopic (exact) mass is 392 g/mol. The van der Waals surface area contributed by atoms with Gasteiger partial charge < -0.3 is 19.5 Å². The average Bonchev–Trinajstić information content (AvgIpc) is 2.68. The highest BCUT2D eigenvalue weighted by molar-refractivity contribution is 6.32. The van der Waals surface area contributed by atoms with Gasteiger partial charge in [-0.05, 0) is 38.2 Å². The number of hydrogen-bond acceptors (Lipinski definition) is 5. The largest absolute Gasteiger partial charge is 0.497 e. The third kappa shape index (κ3) is 5.77. The Labute approximate surface area is 165 Å². The fourth-order valence-corrected chi connectivity index (χ4v) is 2.59. The highest BCUT2D eigenvalue weighted by Crippen LogP contribution is 2.29. The van der Waals surface area contributed by atoms with Gasteiger partial charge in [0.1, 0.15) is 23.9 Å². The van der Waals surface area contributed by atoms with Gasteiger partial charge in [0.25, 0.3) is 0 Å².